The lowest BCUT2D eigenvalue weighted by molar-refractivity contribution is -0.192. The number of amides is 1. The van der Waals surface area contributed by atoms with Gasteiger partial charge in [0, 0.05) is 33.3 Å². The van der Waals surface area contributed by atoms with Crippen LogP contribution in [0.2, 0.25) is 0 Å². The number of nitrogens with zero attached hydrogens (tertiary/aromatic N) is 2. The van der Waals surface area contributed by atoms with Crippen molar-refractivity contribution in [3.63, 3.8) is 0 Å². The molecule has 1 aromatic heterocycles. The van der Waals surface area contributed by atoms with Gasteiger partial charge in [-0.1, -0.05) is 0 Å². The number of hydrogen-bond donors (Lipinski definition) is 1. The van der Waals surface area contributed by atoms with E-state index in [1.165, 1.54) is 5.56 Å². The molecule has 6 nitrogen and oxygen atoms in total. The molecule has 2 fully saturated rings. The van der Waals surface area contributed by atoms with Crippen molar-refractivity contribution in [1.82, 2.24) is 9.80 Å². The Bertz CT molecular complexity index is 654. The smallest absolute Gasteiger partial charge is 0.475 e. The molecule has 1 aromatic rings. The topological polar surface area (TPSA) is 70.1 Å². The van der Waals surface area contributed by atoms with Crippen LogP contribution in [0.15, 0.2) is 16.8 Å². The van der Waals surface area contributed by atoms with Crippen molar-refractivity contribution in [3.8, 4) is 0 Å². The average molecular weight is 422 g/mol. The minimum Gasteiger partial charge on any atom is -0.475 e. The number of halogens is 3. The monoisotopic (exact) mass is 422 g/mol. The Morgan fingerprint density at radius 3 is 2.64 bits per heavy atom. The van der Waals surface area contributed by atoms with Crippen molar-refractivity contribution >= 4 is 23.2 Å². The van der Waals surface area contributed by atoms with Gasteiger partial charge in [-0.25, -0.2) is 4.79 Å². The molecular formula is C18H25F3N2O4S. The van der Waals surface area contributed by atoms with Gasteiger partial charge in [0.1, 0.15) is 0 Å². The summed E-state index contributed by atoms with van der Waals surface area (Å²) in [7, 11) is 1.69. The minimum atomic E-state index is -5.08. The van der Waals surface area contributed by atoms with Gasteiger partial charge >= 0.3 is 12.1 Å². The van der Waals surface area contributed by atoms with Gasteiger partial charge in [0.2, 0.25) is 5.91 Å². The highest BCUT2D eigenvalue weighted by atomic mass is 32.1. The number of carbonyl (C=O) groups is 2. The molecule has 2 saturated heterocycles. The van der Waals surface area contributed by atoms with Crippen LogP contribution in [-0.4, -0.2) is 72.9 Å². The van der Waals surface area contributed by atoms with Crippen LogP contribution in [0.1, 0.15) is 24.8 Å². The Morgan fingerprint density at radius 2 is 2.07 bits per heavy atom. The van der Waals surface area contributed by atoms with Crippen LogP contribution < -0.4 is 0 Å². The van der Waals surface area contributed by atoms with Gasteiger partial charge in [-0.15, -0.1) is 0 Å². The average Bonchev–Trinajstić information content (AvgIpc) is 3.23. The Labute approximate surface area is 165 Å². The van der Waals surface area contributed by atoms with Crippen LogP contribution in [0, 0.1) is 5.41 Å². The number of carboxylic acids is 1. The molecule has 1 N–H and O–H groups in total. The van der Waals surface area contributed by atoms with Crippen molar-refractivity contribution in [2.75, 3.05) is 39.9 Å². The number of alkyl halides is 3. The van der Waals surface area contributed by atoms with E-state index >= 15 is 0 Å². The molecule has 0 saturated carbocycles. The maximum Gasteiger partial charge on any atom is 0.490 e. The number of hydrogen-bond acceptors (Lipinski definition) is 5. The van der Waals surface area contributed by atoms with Crippen molar-refractivity contribution in [1.29, 1.82) is 0 Å². The number of methoxy groups -OCH3 is 1. The molecule has 1 unspecified atom stereocenters. The summed E-state index contributed by atoms with van der Waals surface area (Å²) in [5.74, 6) is -2.40. The molecule has 0 radical (unpaired) electrons. The fourth-order valence-electron chi connectivity index (χ4n) is 3.69. The first-order valence-corrected chi connectivity index (χ1v) is 9.94. The van der Waals surface area contributed by atoms with Crippen LogP contribution in [0.5, 0.6) is 0 Å². The standard InChI is InChI=1S/C16H24N2O2S.C2HF3O2/c1-20-9-8-18-7-5-16(15(18)19)4-2-6-17(13-16)11-14-3-10-21-12-14;3-2(4,5)1(6)7/h3,10,12H,2,4-9,11,13H2,1H3;(H,6,7). The van der Waals surface area contributed by atoms with E-state index in [9.17, 15) is 18.0 Å². The molecule has 1 atom stereocenters. The van der Waals surface area contributed by atoms with Crippen LogP contribution in [0.25, 0.3) is 0 Å². The third kappa shape index (κ3) is 5.92. The Hall–Kier alpha value is -1.65. The van der Waals surface area contributed by atoms with Gasteiger partial charge in [0.15, 0.2) is 0 Å². The molecule has 2 aliphatic rings. The first-order chi connectivity index (χ1) is 13.2. The van der Waals surface area contributed by atoms with Crippen LogP contribution in [-0.2, 0) is 20.9 Å². The lowest BCUT2D eigenvalue weighted by Gasteiger charge is -2.39. The van der Waals surface area contributed by atoms with Gasteiger partial charge in [-0.2, -0.15) is 24.5 Å². The largest absolute Gasteiger partial charge is 0.490 e. The van der Waals surface area contributed by atoms with Crippen LogP contribution in [0.4, 0.5) is 13.2 Å². The highest BCUT2D eigenvalue weighted by Gasteiger charge is 2.48. The Morgan fingerprint density at radius 1 is 1.36 bits per heavy atom. The highest BCUT2D eigenvalue weighted by molar-refractivity contribution is 7.07. The third-order valence-electron chi connectivity index (χ3n) is 5.05. The second-order valence-corrected chi connectivity index (χ2v) is 7.84. The van der Waals surface area contributed by atoms with Gasteiger partial charge < -0.3 is 14.7 Å². The van der Waals surface area contributed by atoms with Crippen LogP contribution >= 0.6 is 11.3 Å². The first-order valence-electron chi connectivity index (χ1n) is 9.00. The SMILES string of the molecule is COCCN1CCC2(CCCN(Cc3ccsc3)C2)C1=O.O=C(O)C(F)(F)F. The van der Waals surface area contributed by atoms with E-state index in [1.54, 1.807) is 18.4 Å². The molecule has 0 aliphatic carbocycles. The van der Waals surface area contributed by atoms with Crippen molar-refractivity contribution in [3.05, 3.63) is 22.4 Å². The summed E-state index contributed by atoms with van der Waals surface area (Å²) < 4.78 is 36.9. The summed E-state index contributed by atoms with van der Waals surface area (Å²) in [6.07, 6.45) is -1.89. The minimum absolute atomic E-state index is 0.123. The molecular weight excluding hydrogens is 397 g/mol. The second-order valence-electron chi connectivity index (χ2n) is 7.06. The molecule has 3 rings (SSSR count). The maximum atomic E-state index is 12.8. The van der Waals surface area contributed by atoms with Gasteiger partial charge in [0.25, 0.3) is 0 Å². The van der Waals surface area contributed by atoms with E-state index in [1.807, 2.05) is 4.90 Å². The lowest BCUT2D eigenvalue weighted by atomic mass is 9.78. The number of aliphatic carboxylic acids is 1. The molecule has 28 heavy (non-hydrogen) atoms. The zero-order chi connectivity index (χ0) is 20.8. The molecule has 3 heterocycles. The predicted octanol–water partition coefficient (Wildman–Crippen LogP) is 2.84. The number of ether oxygens (including phenoxy) is 1. The molecule has 10 heteroatoms. The zero-order valence-corrected chi connectivity index (χ0v) is 16.5. The highest BCUT2D eigenvalue weighted by Crippen LogP contribution is 2.40. The van der Waals surface area contributed by atoms with E-state index in [2.05, 4.69) is 21.7 Å². The van der Waals surface area contributed by atoms with E-state index in [-0.39, 0.29) is 5.41 Å². The molecule has 158 valence electrons. The molecule has 0 bridgehead atoms. The summed E-state index contributed by atoms with van der Waals surface area (Å²) in [6, 6.07) is 2.19. The van der Waals surface area contributed by atoms with E-state index in [4.69, 9.17) is 14.6 Å². The number of piperidine rings is 1. The second kappa shape index (κ2) is 9.71. The van der Waals surface area contributed by atoms with Gasteiger partial charge in [0.05, 0.1) is 12.0 Å². The molecule has 0 aromatic carbocycles. The quantitative estimate of drug-likeness (QED) is 0.790. The van der Waals surface area contributed by atoms with Gasteiger partial charge in [-0.3, -0.25) is 9.69 Å². The lowest BCUT2D eigenvalue weighted by Crippen LogP contribution is -2.47. The van der Waals surface area contributed by atoms with E-state index < -0.39 is 12.1 Å². The van der Waals surface area contributed by atoms with Crippen molar-refractivity contribution in [2.24, 2.45) is 5.41 Å². The summed E-state index contributed by atoms with van der Waals surface area (Å²) in [5, 5.41) is 11.5. The van der Waals surface area contributed by atoms with E-state index in [0.29, 0.717) is 12.5 Å². The number of carbonyl (C=O) groups excluding carboxylic acids is 1. The zero-order valence-electron chi connectivity index (χ0n) is 15.7. The predicted molar refractivity (Wildman–Crippen MR) is 98.0 cm³/mol. The van der Waals surface area contributed by atoms with Crippen LogP contribution in [0.3, 0.4) is 0 Å². The summed E-state index contributed by atoms with van der Waals surface area (Å²) in [4.78, 5) is 26.1. The fourth-order valence-corrected chi connectivity index (χ4v) is 4.35. The number of likely N-dealkylation sites (tertiary alicyclic amines) is 2. The van der Waals surface area contributed by atoms with E-state index in [0.717, 1.165) is 52.0 Å². The first kappa shape index (κ1) is 22.6. The summed E-state index contributed by atoms with van der Waals surface area (Å²) in [5.41, 5.74) is 1.25. The molecule has 1 spiro atoms. The maximum absolute atomic E-state index is 12.8. The molecule has 1 amide bonds. The summed E-state index contributed by atoms with van der Waals surface area (Å²) in [6.45, 7) is 5.29. The molecule has 2 aliphatic heterocycles. The number of rotatable bonds is 5. The normalized spacial score (nSPS) is 23.0. The third-order valence-corrected chi connectivity index (χ3v) is 5.78. The van der Waals surface area contributed by atoms with Crippen molar-refractivity contribution < 1.29 is 32.6 Å². The summed E-state index contributed by atoms with van der Waals surface area (Å²) >= 11 is 1.75. The number of thiophene rings is 1. The van der Waals surface area contributed by atoms with Gasteiger partial charge in [-0.05, 0) is 48.2 Å². The Balaban J connectivity index is 0.000000345. The fraction of sp³-hybridized carbons (Fsp3) is 0.667. The number of carboxylic acid groups (broad SMARTS) is 1. The Kier molecular flexibility index (Phi) is 7.85. The van der Waals surface area contributed by atoms with Crippen molar-refractivity contribution in [2.45, 2.75) is 32.0 Å².